The second-order valence-corrected chi connectivity index (χ2v) is 5.86. The van der Waals surface area contributed by atoms with Crippen LogP contribution in [0.25, 0.3) is 11.0 Å². The summed E-state index contributed by atoms with van der Waals surface area (Å²) in [5.41, 5.74) is 0.00378. The van der Waals surface area contributed by atoms with E-state index in [2.05, 4.69) is 9.97 Å². The highest BCUT2D eigenvalue weighted by molar-refractivity contribution is 5.75. The summed E-state index contributed by atoms with van der Waals surface area (Å²) in [5, 5.41) is 0.212. The molecule has 0 saturated carbocycles. The number of nitrogens with zero attached hydrogens (tertiary/aromatic N) is 3. The van der Waals surface area contributed by atoms with E-state index in [1.807, 2.05) is 11.9 Å². The lowest BCUT2D eigenvalue weighted by Crippen LogP contribution is -2.39. The van der Waals surface area contributed by atoms with Crippen molar-refractivity contribution in [3.8, 4) is 0 Å². The third-order valence-electron chi connectivity index (χ3n) is 4.13. The quantitative estimate of drug-likeness (QED) is 0.879. The molecule has 2 aromatic heterocycles. The summed E-state index contributed by atoms with van der Waals surface area (Å²) in [6.07, 6.45) is -3.64. The smallest absolute Gasteiger partial charge is 0.343 e. The largest absolute Gasteiger partial charge is 0.449 e. The van der Waals surface area contributed by atoms with Crippen LogP contribution in [0.1, 0.15) is 30.4 Å². The molecule has 0 amide bonds. The molecule has 22 heavy (non-hydrogen) atoms. The van der Waals surface area contributed by atoms with Crippen molar-refractivity contribution in [2.75, 3.05) is 20.1 Å². The lowest BCUT2D eigenvalue weighted by atomic mass is 10.0. The number of nitrogens with one attached hydrogen (secondary N) is 1. The van der Waals surface area contributed by atoms with E-state index >= 15 is 0 Å². The number of aryl methyl sites for hydroxylation is 1. The standard InChI is InChI=1S/C14H17F3N4O/c1-8-7-10-11(18-8)19-13(14(15,16)17)21(12(10)22)9-3-5-20(2)6-4-9/h7,9,18H,3-6H2,1-2H3. The third-order valence-corrected chi connectivity index (χ3v) is 4.13. The topological polar surface area (TPSA) is 53.9 Å². The number of aromatic amines is 1. The van der Waals surface area contributed by atoms with Crippen LogP contribution in [0.15, 0.2) is 10.9 Å². The first kappa shape index (κ1) is 15.1. The van der Waals surface area contributed by atoms with Gasteiger partial charge in [-0.05, 0) is 46.0 Å². The lowest BCUT2D eigenvalue weighted by molar-refractivity contribution is -0.149. The fourth-order valence-electron chi connectivity index (χ4n) is 3.00. The second kappa shape index (κ2) is 5.12. The molecule has 3 heterocycles. The zero-order valence-corrected chi connectivity index (χ0v) is 12.4. The van der Waals surface area contributed by atoms with Gasteiger partial charge in [0.15, 0.2) is 0 Å². The van der Waals surface area contributed by atoms with E-state index in [0.717, 1.165) is 4.57 Å². The molecule has 1 N–H and O–H groups in total. The van der Waals surface area contributed by atoms with Gasteiger partial charge in [0, 0.05) is 11.7 Å². The minimum absolute atomic E-state index is 0.000924. The molecular weight excluding hydrogens is 297 g/mol. The van der Waals surface area contributed by atoms with Crippen LogP contribution in [0.5, 0.6) is 0 Å². The van der Waals surface area contributed by atoms with Crippen molar-refractivity contribution in [1.29, 1.82) is 0 Å². The first-order valence-electron chi connectivity index (χ1n) is 7.15. The molecule has 0 aromatic carbocycles. The van der Waals surface area contributed by atoms with Crippen molar-refractivity contribution in [3.63, 3.8) is 0 Å². The van der Waals surface area contributed by atoms with Gasteiger partial charge in [-0.2, -0.15) is 13.2 Å². The summed E-state index contributed by atoms with van der Waals surface area (Å²) >= 11 is 0. The number of aromatic nitrogens is 3. The van der Waals surface area contributed by atoms with Crippen LogP contribution in [-0.2, 0) is 6.18 Å². The minimum Gasteiger partial charge on any atom is -0.343 e. The summed E-state index contributed by atoms with van der Waals surface area (Å²) in [6, 6.07) is 1.09. The number of hydrogen-bond donors (Lipinski definition) is 1. The molecule has 1 aliphatic rings. The molecule has 5 nitrogen and oxygen atoms in total. The molecule has 0 spiro atoms. The second-order valence-electron chi connectivity index (χ2n) is 5.86. The molecule has 0 radical (unpaired) electrons. The Bertz CT molecular complexity index is 754. The maximum atomic E-state index is 13.3. The average Bonchev–Trinajstić information content (AvgIpc) is 2.80. The Kier molecular flexibility index (Phi) is 3.51. The Labute approximate surface area is 124 Å². The SMILES string of the molecule is Cc1cc2c(=O)n(C3CCN(C)CC3)c(C(F)(F)F)nc2[nH]1. The molecule has 1 aliphatic heterocycles. The highest BCUT2D eigenvalue weighted by atomic mass is 19.4. The normalized spacial score (nSPS) is 18.2. The summed E-state index contributed by atoms with van der Waals surface area (Å²) < 4.78 is 40.9. The van der Waals surface area contributed by atoms with Crippen molar-refractivity contribution in [2.45, 2.75) is 32.0 Å². The number of halogens is 3. The number of hydrogen-bond acceptors (Lipinski definition) is 3. The Morgan fingerprint density at radius 3 is 2.55 bits per heavy atom. The summed E-state index contributed by atoms with van der Waals surface area (Å²) in [4.78, 5) is 21.0. The highest BCUT2D eigenvalue weighted by Crippen LogP contribution is 2.32. The van der Waals surface area contributed by atoms with E-state index in [1.165, 1.54) is 0 Å². The number of rotatable bonds is 1. The Morgan fingerprint density at radius 1 is 1.32 bits per heavy atom. The molecule has 0 atom stereocenters. The van der Waals surface area contributed by atoms with Crippen molar-refractivity contribution >= 4 is 11.0 Å². The number of alkyl halides is 3. The summed E-state index contributed by atoms with van der Waals surface area (Å²) in [7, 11) is 1.92. The predicted molar refractivity (Wildman–Crippen MR) is 75.9 cm³/mol. The summed E-state index contributed by atoms with van der Waals surface area (Å²) in [6.45, 7) is 3.02. The van der Waals surface area contributed by atoms with Gasteiger partial charge in [-0.3, -0.25) is 9.36 Å². The molecular formula is C14H17F3N4O. The van der Waals surface area contributed by atoms with Crippen LogP contribution in [0.4, 0.5) is 13.2 Å². The molecule has 1 saturated heterocycles. The molecule has 2 aromatic rings. The van der Waals surface area contributed by atoms with Gasteiger partial charge in [-0.15, -0.1) is 0 Å². The highest BCUT2D eigenvalue weighted by Gasteiger charge is 2.39. The van der Waals surface area contributed by atoms with Crippen molar-refractivity contribution in [1.82, 2.24) is 19.4 Å². The fourth-order valence-corrected chi connectivity index (χ4v) is 3.00. The molecule has 120 valence electrons. The van der Waals surface area contributed by atoms with E-state index < -0.39 is 23.6 Å². The fraction of sp³-hybridized carbons (Fsp3) is 0.571. The zero-order chi connectivity index (χ0) is 16.1. The first-order valence-corrected chi connectivity index (χ1v) is 7.15. The van der Waals surface area contributed by atoms with E-state index in [0.29, 0.717) is 31.6 Å². The van der Waals surface area contributed by atoms with Crippen LogP contribution < -0.4 is 5.56 Å². The van der Waals surface area contributed by atoms with Crippen LogP contribution in [0, 0.1) is 6.92 Å². The predicted octanol–water partition coefficient (Wildman–Crippen LogP) is 2.32. The van der Waals surface area contributed by atoms with E-state index in [9.17, 15) is 18.0 Å². The van der Waals surface area contributed by atoms with Gasteiger partial charge in [0.1, 0.15) is 5.65 Å². The van der Waals surface area contributed by atoms with Gasteiger partial charge in [0.2, 0.25) is 5.82 Å². The van der Waals surface area contributed by atoms with Crippen LogP contribution >= 0.6 is 0 Å². The van der Waals surface area contributed by atoms with Gasteiger partial charge in [0.25, 0.3) is 5.56 Å². The van der Waals surface area contributed by atoms with E-state index in [4.69, 9.17) is 0 Å². The van der Waals surface area contributed by atoms with Crippen molar-refractivity contribution < 1.29 is 13.2 Å². The van der Waals surface area contributed by atoms with Gasteiger partial charge in [-0.1, -0.05) is 0 Å². The Morgan fingerprint density at radius 2 is 1.95 bits per heavy atom. The number of piperidine rings is 1. The van der Waals surface area contributed by atoms with E-state index in [1.54, 1.807) is 13.0 Å². The lowest BCUT2D eigenvalue weighted by Gasteiger charge is -2.31. The van der Waals surface area contributed by atoms with Crippen molar-refractivity contribution in [3.05, 3.63) is 27.9 Å². The molecule has 1 fully saturated rings. The van der Waals surface area contributed by atoms with Crippen molar-refractivity contribution in [2.24, 2.45) is 0 Å². The number of H-pyrrole nitrogens is 1. The molecule has 0 bridgehead atoms. The van der Waals surface area contributed by atoms with Crippen LogP contribution in [-0.4, -0.2) is 39.6 Å². The van der Waals surface area contributed by atoms with Crippen LogP contribution in [0.2, 0.25) is 0 Å². The molecule has 0 unspecified atom stereocenters. The molecule has 8 heteroatoms. The van der Waals surface area contributed by atoms with Gasteiger partial charge in [0.05, 0.1) is 5.39 Å². The van der Waals surface area contributed by atoms with Gasteiger partial charge >= 0.3 is 6.18 Å². The zero-order valence-electron chi connectivity index (χ0n) is 12.4. The first-order chi connectivity index (χ1) is 10.3. The third kappa shape index (κ3) is 2.51. The van der Waals surface area contributed by atoms with Gasteiger partial charge < -0.3 is 9.88 Å². The van der Waals surface area contributed by atoms with Crippen LogP contribution in [0.3, 0.4) is 0 Å². The van der Waals surface area contributed by atoms with E-state index in [-0.39, 0.29) is 11.0 Å². The Hall–Kier alpha value is -1.83. The Balaban J connectivity index is 2.21. The average molecular weight is 314 g/mol. The molecule has 3 rings (SSSR count). The number of likely N-dealkylation sites (tertiary alicyclic amines) is 1. The monoisotopic (exact) mass is 314 g/mol. The maximum absolute atomic E-state index is 13.3. The molecule has 0 aliphatic carbocycles. The maximum Gasteiger partial charge on any atom is 0.449 e. The summed E-state index contributed by atoms with van der Waals surface area (Å²) in [5.74, 6) is -1.11. The van der Waals surface area contributed by atoms with Gasteiger partial charge in [-0.25, -0.2) is 4.98 Å². The number of fused-ring (bicyclic) bond motifs is 1. The minimum atomic E-state index is -4.66.